The van der Waals surface area contributed by atoms with Crippen molar-refractivity contribution in [3.05, 3.63) is 35.6 Å². The van der Waals surface area contributed by atoms with E-state index in [2.05, 4.69) is 12.2 Å². The van der Waals surface area contributed by atoms with Gasteiger partial charge in [0.15, 0.2) is 0 Å². The molecule has 0 aliphatic heterocycles. The summed E-state index contributed by atoms with van der Waals surface area (Å²) in [5, 5.41) is 2.98. The van der Waals surface area contributed by atoms with Crippen LogP contribution < -0.4 is 5.32 Å². The Labute approximate surface area is 115 Å². The molecule has 106 valence electrons. The Kier molecular flexibility index (Phi) is 5.52. The molecule has 0 aromatic heterocycles. The lowest BCUT2D eigenvalue weighted by Crippen LogP contribution is -2.41. The van der Waals surface area contributed by atoms with Crippen molar-refractivity contribution in [3.8, 4) is 0 Å². The molecule has 1 unspecified atom stereocenters. The van der Waals surface area contributed by atoms with Gasteiger partial charge in [-0.25, -0.2) is 4.39 Å². The zero-order valence-corrected chi connectivity index (χ0v) is 12.3. The molecule has 0 spiro atoms. The minimum absolute atomic E-state index is 0.0512. The number of carbonyl (C=O) groups is 1. The third-order valence-corrected chi connectivity index (χ3v) is 2.92. The number of rotatable bonds is 5. The maximum absolute atomic E-state index is 12.9. The van der Waals surface area contributed by atoms with Gasteiger partial charge in [-0.1, -0.05) is 25.5 Å². The zero-order chi connectivity index (χ0) is 14.5. The van der Waals surface area contributed by atoms with E-state index in [0.717, 1.165) is 18.4 Å². The molecule has 3 heteroatoms. The van der Waals surface area contributed by atoms with Crippen LogP contribution in [0.4, 0.5) is 4.39 Å². The second-order valence-electron chi connectivity index (χ2n) is 6.04. The number of carbonyl (C=O) groups excluding carboxylic acids is 1. The summed E-state index contributed by atoms with van der Waals surface area (Å²) in [6.45, 7) is 8.01. The van der Waals surface area contributed by atoms with Gasteiger partial charge in [0.1, 0.15) is 5.82 Å². The highest BCUT2D eigenvalue weighted by molar-refractivity contribution is 5.77. The number of halogens is 1. The second kappa shape index (κ2) is 6.69. The van der Waals surface area contributed by atoms with Gasteiger partial charge in [-0.15, -0.1) is 0 Å². The largest absolute Gasteiger partial charge is 0.351 e. The summed E-state index contributed by atoms with van der Waals surface area (Å²) < 4.78 is 12.9. The van der Waals surface area contributed by atoms with Gasteiger partial charge in [-0.2, -0.15) is 0 Å². The molecule has 1 aromatic carbocycles. The van der Waals surface area contributed by atoms with Crippen molar-refractivity contribution in [1.29, 1.82) is 0 Å². The first kappa shape index (κ1) is 15.7. The Morgan fingerprint density at radius 3 is 2.32 bits per heavy atom. The Balaban J connectivity index is 2.73. The fourth-order valence-electron chi connectivity index (χ4n) is 2.16. The number of benzene rings is 1. The topological polar surface area (TPSA) is 29.1 Å². The Morgan fingerprint density at radius 2 is 1.84 bits per heavy atom. The lowest BCUT2D eigenvalue weighted by molar-refractivity contribution is -0.122. The summed E-state index contributed by atoms with van der Waals surface area (Å²) in [6, 6.07) is 6.47. The highest BCUT2D eigenvalue weighted by Crippen LogP contribution is 2.25. The summed E-state index contributed by atoms with van der Waals surface area (Å²) in [5.41, 5.74) is 0.823. The fraction of sp³-hybridized carbons (Fsp3) is 0.562. The number of nitrogens with one attached hydrogen (secondary N) is 1. The average Bonchev–Trinajstić information content (AvgIpc) is 2.27. The minimum atomic E-state index is -0.238. The van der Waals surface area contributed by atoms with Crippen LogP contribution in [0.3, 0.4) is 0 Å². The number of hydrogen-bond donors (Lipinski definition) is 1. The smallest absolute Gasteiger partial charge is 0.221 e. The molecular formula is C16H24FNO. The highest BCUT2D eigenvalue weighted by atomic mass is 19.1. The van der Waals surface area contributed by atoms with E-state index < -0.39 is 0 Å². The molecule has 1 atom stereocenters. The molecule has 1 aromatic rings. The average molecular weight is 265 g/mol. The van der Waals surface area contributed by atoms with Crippen molar-refractivity contribution in [3.63, 3.8) is 0 Å². The van der Waals surface area contributed by atoms with Crippen LogP contribution in [-0.2, 0) is 4.79 Å². The van der Waals surface area contributed by atoms with Crippen molar-refractivity contribution in [2.24, 2.45) is 0 Å². The summed E-state index contributed by atoms with van der Waals surface area (Å²) in [7, 11) is 0. The summed E-state index contributed by atoms with van der Waals surface area (Å²) in [5.74, 6) is -0.0265. The van der Waals surface area contributed by atoms with E-state index >= 15 is 0 Å². The van der Waals surface area contributed by atoms with E-state index in [1.54, 1.807) is 12.1 Å². The van der Waals surface area contributed by atoms with Gasteiger partial charge in [0.2, 0.25) is 5.91 Å². The fourth-order valence-corrected chi connectivity index (χ4v) is 2.16. The molecule has 1 rings (SSSR count). The van der Waals surface area contributed by atoms with Crippen LogP contribution in [0.1, 0.15) is 58.4 Å². The summed E-state index contributed by atoms with van der Waals surface area (Å²) in [4.78, 5) is 12.0. The van der Waals surface area contributed by atoms with E-state index in [1.807, 2.05) is 20.8 Å². The molecule has 0 saturated heterocycles. The van der Waals surface area contributed by atoms with Gasteiger partial charge in [0, 0.05) is 12.0 Å². The third kappa shape index (κ3) is 5.86. The molecule has 0 heterocycles. The molecule has 0 aliphatic rings. The summed E-state index contributed by atoms with van der Waals surface area (Å²) in [6.07, 6.45) is 2.39. The number of hydrogen-bond acceptors (Lipinski definition) is 1. The lowest BCUT2D eigenvalue weighted by Gasteiger charge is -2.23. The van der Waals surface area contributed by atoms with Crippen molar-refractivity contribution in [1.82, 2.24) is 5.32 Å². The van der Waals surface area contributed by atoms with Gasteiger partial charge in [-0.3, -0.25) is 4.79 Å². The van der Waals surface area contributed by atoms with E-state index in [9.17, 15) is 9.18 Å². The molecule has 19 heavy (non-hydrogen) atoms. The molecule has 0 saturated carbocycles. The van der Waals surface area contributed by atoms with Crippen LogP contribution in [0.5, 0.6) is 0 Å². The van der Waals surface area contributed by atoms with Crippen LogP contribution >= 0.6 is 0 Å². The van der Waals surface area contributed by atoms with Gasteiger partial charge >= 0.3 is 0 Å². The SMILES string of the molecule is CCCC(CC(=O)NC(C)(C)C)c1ccc(F)cc1. The third-order valence-electron chi connectivity index (χ3n) is 2.92. The Bertz CT molecular complexity index is 406. The lowest BCUT2D eigenvalue weighted by atomic mass is 9.91. The first-order chi connectivity index (χ1) is 8.81. The van der Waals surface area contributed by atoms with Crippen LogP contribution in [0.2, 0.25) is 0 Å². The van der Waals surface area contributed by atoms with Gasteiger partial charge < -0.3 is 5.32 Å². The summed E-state index contributed by atoms with van der Waals surface area (Å²) >= 11 is 0. The Hall–Kier alpha value is -1.38. The molecule has 0 aliphatic carbocycles. The predicted molar refractivity (Wildman–Crippen MR) is 76.6 cm³/mol. The molecule has 0 fully saturated rings. The van der Waals surface area contributed by atoms with E-state index in [0.29, 0.717) is 6.42 Å². The zero-order valence-electron chi connectivity index (χ0n) is 12.3. The van der Waals surface area contributed by atoms with Gasteiger partial charge in [0.25, 0.3) is 0 Å². The molecule has 0 bridgehead atoms. The van der Waals surface area contributed by atoms with E-state index in [1.165, 1.54) is 12.1 Å². The second-order valence-corrected chi connectivity index (χ2v) is 6.04. The molecular weight excluding hydrogens is 241 g/mol. The number of amides is 1. The minimum Gasteiger partial charge on any atom is -0.351 e. The first-order valence-electron chi connectivity index (χ1n) is 6.88. The van der Waals surface area contributed by atoms with Crippen LogP contribution in [-0.4, -0.2) is 11.4 Å². The van der Waals surface area contributed by atoms with Crippen molar-refractivity contribution in [2.75, 3.05) is 0 Å². The van der Waals surface area contributed by atoms with Crippen LogP contribution in [0.15, 0.2) is 24.3 Å². The van der Waals surface area contributed by atoms with E-state index in [-0.39, 0.29) is 23.2 Å². The van der Waals surface area contributed by atoms with Gasteiger partial charge in [-0.05, 0) is 50.8 Å². The highest BCUT2D eigenvalue weighted by Gasteiger charge is 2.19. The molecule has 2 nitrogen and oxygen atoms in total. The van der Waals surface area contributed by atoms with Crippen molar-refractivity contribution >= 4 is 5.91 Å². The first-order valence-corrected chi connectivity index (χ1v) is 6.88. The molecule has 1 N–H and O–H groups in total. The van der Waals surface area contributed by atoms with Crippen molar-refractivity contribution < 1.29 is 9.18 Å². The quantitative estimate of drug-likeness (QED) is 0.856. The van der Waals surface area contributed by atoms with Gasteiger partial charge in [0.05, 0.1) is 0 Å². The van der Waals surface area contributed by atoms with Crippen LogP contribution in [0, 0.1) is 5.82 Å². The molecule has 0 radical (unpaired) electrons. The normalized spacial score (nSPS) is 13.1. The maximum atomic E-state index is 12.9. The van der Waals surface area contributed by atoms with Crippen molar-refractivity contribution in [2.45, 2.75) is 58.4 Å². The molecule has 1 amide bonds. The standard InChI is InChI=1S/C16H24FNO/c1-5-6-13(11-15(19)18-16(2,3)4)12-7-9-14(17)10-8-12/h7-10,13H,5-6,11H2,1-4H3,(H,18,19). The van der Waals surface area contributed by atoms with Crippen LogP contribution in [0.25, 0.3) is 0 Å². The maximum Gasteiger partial charge on any atom is 0.221 e. The Morgan fingerprint density at radius 1 is 1.26 bits per heavy atom. The monoisotopic (exact) mass is 265 g/mol. The van der Waals surface area contributed by atoms with E-state index in [4.69, 9.17) is 0 Å². The predicted octanol–water partition coefficient (Wildman–Crippen LogP) is 4.01.